The van der Waals surface area contributed by atoms with Gasteiger partial charge in [-0.05, 0) is 13.8 Å². The Hall–Kier alpha value is -2.02. The molecule has 1 rings (SSSR count). The maximum absolute atomic E-state index is 5.53. The van der Waals surface area contributed by atoms with Crippen molar-refractivity contribution in [1.29, 1.82) is 0 Å². The molecular weight excluding hydrogens is 208 g/mol. The summed E-state index contributed by atoms with van der Waals surface area (Å²) in [6.07, 6.45) is 1.58. The average Bonchev–Trinajstić information content (AvgIpc) is 2.16. The maximum atomic E-state index is 5.53. The molecule has 7 nitrogen and oxygen atoms in total. The van der Waals surface area contributed by atoms with E-state index in [-0.39, 0.29) is 11.9 Å². The first kappa shape index (κ1) is 12.1. The zero-order valence-corrected chi connectivity index (χ0v) is 9.27. The Morgan fingerprint density at radius 3 is 2.62 bits per heavy atom. The van der Waals surface area contributed by atoms with Crippen molar-refractivity contribution >= 4 is 11.9 Å². The number of aliphatic imine (C=N–C) groups is 1. The number of rotatable bonds is 4. The minimum absolute atomic E-state index is 0.0758. The van der Waals surface area contributed by atoms with Crippen LogP contribution in [0.5, 0.6) is 0 Å². The number of aromatic nitrogens is 3. The fraction of sp³-hybridized carbons (Fsp3) is 0.333. The van der Waals surface area contributed by atoms with Gasteiger partial charge in [0, 0.05) is 0 Å². The summed E-state index contributed by atoms with van der Waals surface area (Å²) in [6.45, 7) is 7.32. The van der Waals surface area contributed by atoms with Crippen LogP contribution in [0.25, 0.3) is 0 Å². The van der Waals surface area contributed by atoms with Crippen LogP contribution in [-0.2, 0) is 4.84 Å². The molecule has 1 heterocycles. The highest BCUT2D eigenvalue weighted by atomic mass is 16.6. The van der Waals surface area contributed by atoms with Gasteiger partial charge in [-0.25, -0.2) is 10.5 Å². The van der Waals surface area contributed by atoms with E-state index in [1.165, 1.54) is 0 Å². The van der Waals surface area contributed by atoms with Gasteiger partial charge in [0.15, 0.2) is 0 Å². The van der Waals surface area contributed by atoms with Crippen molar-refractivity contribution in [2.75, 3.05) is 6.61 Å². The minimum atomic E-state index is 0.0758. The Morgan fingerprint density at radius 1 is 1.44 bits per heavy atom. The monoisotopic (exact) mass is 222 g/mol. The van der Waals surface area contributed by atoms with Gasteiger partial charge in [-0.1, -0.05) is 6.08 Å². The van der Waals surface area contributed by atoms with Crippen LogP contribution >= 0.6 is 0 Å². The molecule has 0 atom stereocenters. The fourth-order valence-corrected chi connectivity index (χ4v) is 0.954. The maximum Gasteiger partial charge on any atom is 0.256 e. The van der Waals surface area contributed by atoms with Crippen molar-refractivity contribution in [2.45, 2.75) is 13.8 Å². The minimum Gasteiger partial charge on any atom is -0.368 e. The van der Waals surface area contributed by atoms with Gasteiger partial charge >= 0.3 is 0 Å². The van der Waals surface area contributed by atoms with Gasteiger partial charge < -0.3 is 5.73 Å². The summed E-state index contributed by atoms with van der Waals surface area (Å²) in [7, 11) is 0. The van der Waals surface area contributed by atoms with Gasteiger partial charge in [0.05, 0.1) is 6.61 Å². The zero-order valence-electron chi connectivity index (χ0n) is 9.27. The first-order valence-corrected chi connectivity index (χ1v) is 4.64. The second kappa shape index (κ2) is 5.76. The van der Waals surface area contributed by atoms with Crippen molar-refractivity contribution in [3.05, 3.63) is 24.3 Å². The molecule has 0 aliphatic rings. The molecule has 0 spiro atoms. The van der Waals surface area contributed by atoms with E-state index in [1.807, 2.05) is 0 Å². The molecular formula is C9H14N6O. The third-order valence-corrected chi connectivity index (χ3v) is 1.45. The van der Waals surface area contributed by atoms with E-state index in [2.05, 4.69) is 32.0 Å². The van der Waals surface area contributed by atoms with Gasteiger partial charge in [-0.15, -0.1) is 6.58 Å². The highest BCUT2D eigenvalue weighted by Gasteiger charge is 1.99. The van der Waals surface area contributed by atoms with Crippen LogP contribution < -0.4 is 11.2 Å². The van der Waals surface area contributed by atoms with E-state index >= 15 is 0 Å². The molecule has 0 fully saturated rings. The molecule has 0 saturated heterocycles. The molecule has 7 heteroatoms. The van der Waals surface area contributed by atoms with Gasteiger partial charge in [0.25, 0.3) is 5.95 Å². The second-order valence-corrected chi connectivity index (χ2v) is 2.93. The van der Waals surface area contributed by atoms with Gasteiger partial charge in [0.1, 0.15) is 11.6 Å². The molecule has 0 aliphatic heterocycles. The molecule has 0 radical (unpaired) electrons. The first-order valence-electron chi connectivity index (χ1n) is 4.64. The summed E-state index contributed by atoms with van der Waals surface area (Å²) in [5, 5.41) is 0. The number of nitrogens with zero attached hydrogens (tertiary/aromatic N) is 4. The van der Waals surface area contributed by atoms with Crippen molar-refractivity contribution < 1.29 is 4.84 Å². The van der Waals surface area contributed by atoms with Crippen molar-refractivity contribution in [3.8, 4) is 0 Å². The topological polar surface area (TPSA) is 98.3 Å². The van der Waals surface area contributed by atoms with Crippen LogP contribution in [0.3, 0.4) is 0 Å². The normalized spacial score (nSPS) is 11.2. The van der Waals surface area contributed by atoms with Gasteiger partial charge in [-0.3, -0.25) is 4.84 Å². The largest absolute Gasteiger partial charge is 0.368 e. The molecule has 1 aromatic heterocycles. The van der Waals surface area contributed by atoms with Crippen molar-refractivity contribution in [1.82, 2.24) is 20.4 Å². The van der Waals surface area contributed by atoms with Gasteiger partial charge in [0.2, 0.25) is 5.96 Å². The summed E-state index contributed by atoms with van der Waals surface area (Å²) in [6, 6.07) is 0. The summed E-state index contributed by atoms with van der Waals surface area (Å²) in [5.41, 5.74) is 7.95. The number of hydrogen-bond acceptors (Lipinski definition) is 5. The third kappa shape index (κ3) is 4.01. The Kier molecular flexibility index (Phi) is 4.34. The molecule has 0 amide bonds. The number of hydrogen-bond donors (Lipinski definition) is 2. The average molecular weight is 222 g/mol. The standard InChI is InChI=1S/C9H14N6O/c1-4-5-16-15-8(10)14-9-12-6(2)11-7(3)13-9/h4H,1,5H2,2-3H3,(H3,10,11,12,13,14,15). The Balaban J connectivity index is 2.69. The van der Waals surface area contributed by atoms with E-state index in [0.29, 0.717) is 18.3 Å². The van der Waals surface area contributed by atoms with E-state index in [1.54, 1.807) is 19.9 Å². The van der Waals surface area contributed by atoms with Crippen LogP contribution in [0, 0.1) is 13.8 Å². The predicted octanol–water partition coefficient (Wildman–Crippen LogP) is 0.142. The highest BCUT2D eigenvalue weighted by molar-refractivity contribution is 5.78. The Bertz CT molecular complexity index is 383. The zero-order chi connectivity index (χ0) is 12.0. The first-order chi connectivity index (χ1) is 7.61. The molecule has 0 aliphatic carbocycles. The summed E-state index contributed by atoms with van der Waals surface area (Å²) < 4.78 is 0. The third-order valence-electron chi connectivity index (χ3n) is 1.45. The van der Waals surface area contributed by atoms with Crippen LogP contribution in [0.4, 0.5) is 5.95 Å². The number of hydroxylamine groups is 1. The number of guanidine groups is 1. The predicted molar refractivity (Wildman–Crippen MR) is 59.9 cm³/mol. The summed E-state index contributed by atoms with van der Waals surface area (Å²) >= 11 is 0. The van der Waals surface area contributed by atoms with Crippen molar-refractivity contribution in [3.63, 3.8) is 0 Å². The van der Waals surface area contributed by atoms with E-state index in [0.717, 1.165) is 0 Å². The molecule has 0 unspecified atom stereocenters. The van der Waals surface area contributed by atoms with Crippen LogP contribution in [0.2, 0.25) is 0 Å². The summed E-state index contributed by atoms with van der Waals surface area (Å²) in [4.78, 5) is 20.8. The smallest absolute Gasteiger partial charge is 0.256 e. The lowest BCUT2D eigenvalue weighted by Crippen LogP contribution is -2.31. The lowest BCUT2D eigenvalue weighted by Gasteiger charge is -2.03. The highest BCUT2D eigenvalue weighted by Crippen LogP contribution is 2.02. The van der Waals surface area contributed by atoms with E-state index in [9.17, 15) is 0 Å². The Labute approximate surface area is 93.4 Å². The number of nitrogens with two attached hydrogens (primary N) is 1. The lowest BCUT2D eigenvalue weighted by atomic mass is 10.6. The molecule has 0 aromatic carbocycles. The molecule has 3 N–H and O–H groups in total. The molecule has 1 aromatic rings. The van der Waals surface area contributed by atoms with Gasteiger partial charge in [-0.2, -0.15) is 15.0 Å². The molecule has 0 saturated carbocycles. The quantitative estimate of drug-likeness (QED) is 0.247. The second-order valence-electron chi connectivity index (χ2n) is 2.93. The van der Waals surface area contributed by atoms with Crippen LogP contribution in [0.1, 0.15) is 11.6 Å². The Morgan fingerprint density at radius 2 is 2.06 bits per heavy atom. The SMILES string of the molecule is C=CCON/C(N)=N\c1nc(C)nc(C)n1. The fourth-order valence-electron chi connectivity index (χ4n) is 0.954. The van der Waals surface area contributed by atoms with Crippen molar-refractivity contribution in [2.24, 2.45) is 10.7 Å². The van der Waals surface area contributed by atoms with E-state index < -0.39 is 0 Å². The number of aryl methyl sites for hydroxylation is 2. The molecule has 0 bridgehead atoms. The van der Waals surface area contributed by atoms with Crippen LogP contribution in [0.15, 0.2) is 17.6 Å². The molecule has 16 heavy (non-hydrogen) atoms. The van der Waals surface area contributed by atoms with Crippen LogP contribution in [-0.4, -0.2) is 27.5 Å². The number of nitrogens with one attached hydrogen (secondary N) is 1. The lowest BCUT2D eigenvalue weighted by molar-refractivity contribution is 0.110. The molecule has 86 valence electrons. The summed E-state index contributed by atoms with van der Waals surface area (Å²) in [5.74, 6) is 1.50. The van der Waals surface area contributed by atoms with E-state index in [4.69, 9.17) is 10.6 Å².